The maximum Gasteiger partial charge on any atom is 0.411 e. The number of halogens is 2. The highest BCUT2D eigenvalue weighted by atomic mass is 19.1. The number of carbonyl (C=O) groups excluding carboxylic acids is 2. The molecular formula is C30H31F2N9O5. The van der Waals surface area contributed by atoms with Gasteiger partial charge in [0.25, 0.3) is 0 Å². The molecule has 2 aromatic heterocycles. The van der Waals surface area contributed by atoms with E-state index in [1.54, 1.807) is 26.0 Å². The van der Waals surface area contributed by atoms with E-state index in [2.05, 4.69) is 31.2 Å². The number of nitroso groups, excluding NO2 is 1. The number of nitrogens with one attached hydrogen (secondary N) is 3. The van der Waals surface area contributed by atoms with Gasteiger partial charge in [-0.2, -0.15) is 0 Å². The normalized spacial score (nSPS) is 10.5. The summed E-state index contributed by atoms with van der Waals surface area (Å²) >= 11 is 0. The topological polar surface area (TPSA) is 199 Å². The van der Waals surface area contributed by atoms with Gasteiger partial charge in [0.15, 0.2) is 5.82 Å². The van der Waals surface area contributed by atoms with E-state index < -0.39 is 23.8 Å². The highest BCUT2D eigenvalue weighted by Crippen LogP contribution is 2.41. The molecule has 16 heteroatoms. The van der Waals surface area contributed by atoms with Crippen LogP contribution in [-0.2, 0) is 22.6 Å². The minimum absolute atomic E-state index is 0.0195. The predicted molar refractivity (Wildman–Crippen MR) is 170 cm³/mol. The Balaban J connectivity index is 1.90. The maximum absolute atomic E-state index is 13.6. The molecule has 240 valence electrons. The zero-order valence-electron chi connectivity index (χ0n) is 24.8. The van der Waals surface area contributed by atoms with Gasteiger partial charge < -0.3 is 26.3 Å². The summed E-state index contributed by atoms with van der Waals surface area (Å²) in [4.78, 5) is 45.7. The lowest BCUT2D eigenvalue weighted by Crippen LogP contribution is -2.20. The van der Waals surface area contributed by atoms with Crippen LogP contribution in [0.4, 0.5) is 53.0 Å². The summed E-state index contributed by atoms with van der Waals surface area (Å²) in [6.07, 6.45) is -1.62. The third kappa shape index (κ3) is 8.31. The second-order valence-corrected chi connectivity index (χ2v) is 9.55. The number of nitrogens with zero attached hydrogens (tertiary/aromatic N) is 4. The van der Waals surface area contributed by atoms with Gasteiger partial charge in [0.2, 0.25) is 0 Å². The average Bonchev–Trinajstić information content (AvgIpc) is 3.03. The zero-order valence-corrected chi connectivity index (χ0v) is 24.8. The van der Waals surface area contributed by atoms with Crippen molar-refractivity contribution >= 4 is 46.8 Å². The molecule has 0 saturated heterocycles. The first-order chi connectivity index (χ1) is 22.1. The molecule has 0 fully saturated rings. The number of hydrogen-bond acceptors (Lipinski definition) is 11. The van der Waals surface area contributed by atoms with Gasteiger partial charge in [0, 0.05) is 17.7 Å². The minimum atomic E-state index is -0.818. The lowest BCUT2D eigenvalue weighted by atomic mass is 10.0. The summed E-state index contributed by atoms with van der Waals surface area (Å²) < 4.78 is 37.1. The van der Waals surface area contributed by atoms with Crippen molar-refractivity contribution in [1.29, 1.82) is 0 Å². The highest BCUT2D eigenvalue weighted by Gasteiger charge is 2.24. The van der Waals surface area contributed by atoms with E-state index in [0.29, 0.717) is 11.1 Å². The first kappa shape index (κ1) is 32.8. The van der Waals surface area contributed by atoms with Crippen LogP contribution < -0.4 is 32.4 Å². The van der Waals surface area contributed by atoms with Crippen molar-refractivity contribution in [3.63, 3.8) is 0 Å². The number of ether oxygens (including phenoxy) is 2. The molecule has 2 aromatic carbocycles. The van der Waals surface area contributed by atoms with Crippen molar-refractivity contribution in [2.75, 3.05) is 45.6 Å². The Morgan fingerprint density at radius 2 is 1.30 bits per heavy atom. The van der Waals surface area contributed by atoms with Crippen molar-refractivity contribution in [3.05, 3.63) is 88.3 Å². The van der Waals surface area contributed by atoms with Crippen molar-refractivity contribution in [1.82, 2.24) is 9.97 Å². The fourth-order valence-electron chi connectivity index (χ4n) is 4.23. The smallest absolute Gasteiger partial charge is 0.411 e. The standard InChI is InChI=1S/C30H31F2N9O5/c1-3-45-29(42)36-23-13-21(27(38-25(23)33)35-15-17-5-9-19(31)10-6-17)22-14-24(37-30(43)46-4-2)26(34)39-28(22)41(40-44)16-18-7-11-20(32)12-8-18/h5-14H,3-4,15-16H2,1-2H3,(H2,34,39)(H,36,42)(H,37,43)(H3,33,35,38). The Morgan fingerprint density at radius 3 is 1.83 bits per heavy atom. The number of aromatic nitrogens is 2. The molecule has 0 aliphatic heterocycles. The van der Waals surface area contributed by atoms with Crippen LogP contribution in [0.5, 0.6) is 0 Å². The molecule has 0 aliphatic carbocycles. The van der Waals surface area contributed by atoms with Crippen LogP contribution in [0.15, 0.2) is 65.9 Å². The van der Waals surface area contributed by atoms with Gasteiger partial charge in [-0.05, 0) is 61.4 Å². The third-order valence-electron chi connectivity index (χ3n) is 6.36. The highest BCUT2D eigenvalue weighted by molar-refractivity contribution is 5.96. The second kappa shape index (κ2) is 15.1. The van der Waals surface area contributed by atoms with Crippen LogP contribution in [0.2, 0.25) is 0 Å². The molecule has 0 spiro atoms. The Bertz CT molecular complexity index is 1710. The number of hydrogen-bond donors (Lipinski definition) is 5. The van der Waals surface area contributed by atoms with E-state index in [1.807, 2.05) is 0 Å². The monoisotopic (exact) mass is 635 g/mol. The molecule has 0 bridgehead atoms. The van der Waals surface area contributed by atoms with E-state index in [0.717, 1.165) is 5.01 Å². The van der Waals surface area contributed by atoms with Gasteiger partial charge in [-0.1, -0.05) is 24.3 Å². The molecule has 46 heavy (non-hydrogen) atoms. The minimum Gasteiger partial charge on any atom is -0.450 e. The third-order valence-corrected chi connectivity index (χ3v) is 6.36. The van der Waals surface area contributed by atoms with Crippen LogP contribution in [0.25, 0.3) is 11.1 Å². The molecule has 2 heterocycles. The Morgan fingerprint density at radius 1 is 0.804 bits per heavy atom. The molecule has 0 atom stereocenters. The summed E-state index contributed by atoms with van der Waals surface area (Å²) in [5.41, 5.74) is 14.1. The van der Waals surface area contributed by atoms with Crippen molar-refractivity contribution in [2.45, 2.75) is 26.9 Å². The summed E-state index contributed by atoms with van der Waals surface area (Å²) in [6, 6.07) is 14.0. The first-order valence-electron chi connectivity index (χ1n) is 13.9. The zero-order chi connectivity index (χ0) is 33.2. The molecular weight excluding hydrogens is 604 g/mol. The van der Waals surface area contributed by atoms with Crippen molar-refractivity contribution < 1.29 is 27.8 Å². The number of carbonyl (C=O) groups is 2. The predicted octanol–water partition coefficient (Wildman–Crippen LogP) is 6.02. The molecule has 4 aromatic rings. The number of nitrogen functional groups attached to an aromatic ring is 2. The SMILES string of the molecule is CCOC(=O)Nc1cc(-c2cc(NC(=O)OCC)c(N)nc2N(Cc2ccc(F)cc2)N=O)c(NCc2ccc(F)cc2)nc1N. The average molecular weight is 636 g/mol. The maximum atomic E-state index is 13.6. The second-order valence-electron chi connectivity index (χ2n) is 9.55. The quantitative estimate of drug-likeness (QED) is 0.0900. The number of amides is 2. The van der Waals surface area contributed by atoms with Crippen LogP contribution in [0.1, 0.15) is 25.0 Å². The Hall–Kier alpha value is -6.06. The Labute approximate surface area is 262 Å². The van der Waals surface area contributed by atoms with Crippen LogP contribution in [0.3, 0.4) is 0 Å². The van der Waals surface area contributed by atoms with Crippen LogP contribution in [0, 0.1) is 16.5 Å². The fraction of sp³-hybridized carbons (Fsp3) is 0.200. The summed E-state index contributed by atoms with van der Waals surface area (Å²) in [6.45, 7) is 3.41. The fourth-order valence-corrected chi connectivity index (χ4v) is 4.23. The number of pyridine rings is 2. The molecule has 0 aliphatic rings. The van der Waals surface area contributed by atoms with E-state index in [9.17, 15) is 23.3 Å². The molecule has 7 N–H and O–H groups in total. The molecule has 14 nitrogen and oxygen atoms in total. The van der Waals surface area contributed by atoms with Gasteiger partial charge in [-0.25, -0.2) is 33.3 Å². The lowest BCUT2D eigenvalue weighted by Gasteiger charge is -2.22. The van der Waals surface area contributed by atoms with Gasteiger partial charge in [0.1, 0.15) is 29.1 Å². The number of benzene rings is 2. The molecule has 4 rings (SSSR count). The van der Waals surface area contributed by atoms with E-state index >= 15 is 0 Å². The van der Waals surface area contributed by atoms with Gasteiger partial charge in [-0.15, -0.1) is 4.91 Å². The summed E-state index contributed by atoms with van der Waals surface area (Å²) in [5, 5.41) is 12.3. The largest absolute Gasteiger partial charge is 0.450 e. The molecule has 0 radical (unpaired) electrons. The molecule has 0 unspecified atom stereocenters. The summed E-state index contributed by atoms with van der Waals surface area (Å²) in [7, 11) is 0. The molecule has 0 saturated carbocycles. The Kier molecular flexibility index (Phi) is 10.8. The number of nitrogens with two attached hydrogens (primary N) is 2. The van der Waals surface area contributed by atoms with E-state index in [-0.39, 0.29) is 72.1 Å². The number of rotatable bonds is 12. The van der Waals surface area contributed by atoms with Gasteiger partial charge >= 0.3 is 12.2 Å². The van der Waals surface area contributed by atoms with E-state index in [1.165, 1.54) is 48.5 Å². The van der Waals surface area contributed by atoms with Gasteiger partial charge in [-0.3, -0.25) is 10.6 Å². The van der Waals surface area contributed by atoms with Crippen molar-refractivity contribution in [3.8, 4) is 11.1 Å². The number of anilines is 6. The van der Waals surface area contributed by atoms with Crippen LogP contribution in [-0.4, -0.2) is 35.4 Å². The molecule has 2 amide bonds. The van der Waals surface area contributed by atoms with Crippen LogP contribution >= 0.6 is 0 Å². The van der Waals surface area contributed by atoms with Gasteiger partial charge in [0.05, 0.1) is 36.4 Å². The lowest BCUT2D eigenvalue weighted by molar-refractivity contribution is 0.167. The first-order valence-corrected chi connectivity index (χ1v) is 13.9. The van der Waals surface area contributed by atoms with Crippen molar-refractivity contribution in [2.24, 2.45) is 5.29 Å². The van der Waals surface area contributed by atoms with E-state index in [4.69, 9.17) is 20.9 Å². The summed E-state index contributed by atoms with van der Waals surface area (Å²) in [5.74, 6) is -1.09.